The molecule has 0 heterocycles. The zero-order valence-electron chi connectivity index (χ0n) is 24.8. The highest BCUT2D eigenvalue weighted by Gasteiger charge is 2.23. The molecule has 0 aliphatic heterocycles. The van der Waals surface area contributed by atoms with Gasteiger partial charge in [0, 0.05) is 26.3 Å². The van der Waals surface area contributed by atoms with E-state index in [0.29, 0.717) is 28.3 Å². The Hall–Kier alpha value is -5.12. The first kappa shape index (κ1) is 32.3. The molecule has 0 radical (unpaired) electrons. The number of amides is 3. The van der Waals surface area contributed by atoms with Crippen LogP contribution in [0, 0.1) is 0 Å². The minimum Gasteiger partial charge on any atom is -0.497 e. The highest BCUT2D eigenvalue weighted by molar-refractivity contribution is 9.10. The number of carbonyl (C=O) groups is 3. The highest BCUT2D eigenvalue weighted by Crippen LogP contribution is 2.37. The Balaban J connectivity index is 1.37. The van der Waals surface area contributed by atoms with Crippen molar-refractivity contribution < 1.29 is 19.1 Å². The number of nitrogens with one attached hydrogen (secondary N) is 3. The number of benzene rings is 5. The molecular weight excluding hydrogens is 662 g/mol. The molecule has 0 saturated carbocycles. The molecule has 0 spiro atoms. The zero-order valence-corrected chi connectivity index (χ0v) is 27.2. The van der Waals surface area contributed by atoms with Gasteiger partial charge in [-0.1, -0.05) is 82.7 Å². The Morgan fingerprint density at radius 3 is 2.09 bits per heavy atom. The van der Waals surface area contributed by atoms with Gasteiger partial charge in [-0.25, -0.2) is 0 Å². The maximum atomic E-state index is 13.6. The number of rotatable bonds is 11. The van der Waals surface area contributed by atoms with Crippen molar-refractivity contribution in [2.24, 2.45) is 0 Å². The number of methoxy groups -OCH3 is 1. The predicted molar refractivity (Wildman–Crippen MR) is 188 cm³/mol. The fourth-order valence-corrected chi connectivity index (χ4v) is 5.78. The fraction of sp³-hybridized carbons (Fsp3) is 0.0541. The summed E-state index contributed by atoms with van der Waals surface area (Å²) in [6, 6.07) is 40.0. The van der Waals surface area contributed by atoms with E-state index in [1.54, 1.807) is 73.8 Å². The molecule has 5 aromatic carbocycles. The molecule has 5 aromatic rings. The molecular formula is C37H30BrN3O4S. The molecule has 7 nitrogen and oxygen atoms in total. The van der Waals surface area contributed by atoms with Crippen molar-refractivity contribution in [2.75, 3.05) is 17.7 Å². The van der Waals surface area contributed by atoms with Crippen LogP contribution in [0.2, 0.25) is 0 Å². The Kier molecular flexibility index (Phi) is 11.0. The Labute approximate surface area is 280 Å². The molecule has 1 unspecified atom stereocenters. The van der Waals surface area contributed by atoms with Crippen molar-refractivity contribution in [1.29, 1.82) is 0 Å². The average Bonchev–Trinajstić information content (AvgIpc) is 3.09. The van der Waals surface area contributed by atoms with Crippen LogP contribution in [0.1, 0.15) is 26.7 Å². The van der Waals surface area contributed by atoms with Crippen molar-refractivity contribution in [2.45, 2.75) is 10.1 Å². The van der Waals surface area contributed by atoms with Crippen molar-refractivity contribution in [1.82, 2.24) is 5.32 Å². The predicted octanol–water partition coefficient (Wildman–Crippen LogP) is 8.34. The first-order valence-corrected chi connectivity index (χ1v) is 16.0. The number of hydrogen-bond donors (Lipinski definition) is 3. The summed E-state index contributed by atoms with van der Waals surface area (Å²) in [5.41, 5.74) is 3.21. The van der Waals surface area contributed by atoms with E-state index >= 15 is 0 Å². The smallest absolute Gasteiger partial charge is 0.272 e. The molecule has 5 rings (SSSR count). The molecule has 0 aromatic heterocycles. The van der Waals surface area contributed by atoms with Gasteiger partial charge < -0.3 is 20.7 Å². The second-order valence-corrected chi connectivity index (χ2v) is 12.1. The van der Waals surface area contributed by atoms with Crippen molar-refractivity contribution in [3.05, 3.63) is 160 Å². The van der Waals surface area contributed by atoms with Crippen LogP contribution in [0.15, 0.2) is 149 Å². The largest absolute Gasteiger partial charge is 0.497 e. The molecule has 1 atom stereocenters. The van der Waals surface area contributed by atoms with Gasteiger partial charge in [-0.3, -0.25) is 14.4 Å². The first-order valence-electron chi connectivity index (χ1n) is 14.3. The summed E-state index contributed by atoms with van der Waals surface area (Å²) < 4.78 is 6.16. The van der Waals surface area contributed by atoms with Crippen LogP contribution in [-0.2, 0) is 9.59 Å². The lowest BCUT2D eigenvalue weighted by Gasteiger charge is -2.18. The topological polar surface area (TPSA) is 96.5 Å². The minimum absolute atomic E-state index is 0.0631. The maximum Gasteiger partial charge on any atom is 0.272 e. The molecule has 9 heteroatoms. The van der Waals surface area contributed by atoms with Gasteiger partial charge in [0.2, 0.25) is 5.91 Å². The Morgan fingerprint density at radius 1 is 0.739 bits per heavy atom. The van der Waals surface area contributed by atoms with Crippen molar-refractivity contribution in [3.63, 3.8) is 0 Å². The molecule has 3 amide bonds. The van der Waals surface area contributed by atoms with Crippen LogP contribution < -0.4 is 20.7 Å². The van der Waals surface area contributed by atoms with Gasteiger partial charge in [0.25, 0.3) is 11.8 Å². The number of anilines is 2. The van der Waals surface area contributed by atoms with Gasteiger partial charge in [0.1, 0.15) is 16.7 Å². The van der Waals surface area contributed by atoms with E-state index < -0.39 is 17.1 Å². The van der Waals surface area contributed by atoms with E-state index in [2.05, 4.69) is 31.9 Å². The lowest BCUT2D eigenvalue weighted by molar-refractivity contribution is -0.116. The van der Waals surface area contributed by atoms with E-state index in [9.17, 15) is 14.4 Å². The number of carbonyl (C=O) groups excluding carboxylic acids is 3. The van der Waals surface area contributed by atoms with Gasteiger partial charge >= 0.3 is 0 Å². The van der Waals surface area contributed by atoms with E-state index in [-0.39, 0.29) is 11.6 Å². The third-order valence-corrected chi connectivity index (χ3v) is 8.53. The van der Waals surface area contributed by atoms with Crippen LogP contribution in [0.25, 0.3) is 6.08 Å². The summed E-state index contributed by atoms with van der Waals surface area (Å²) in [7, 11) is 1.58. The van der Waals surface area contributed by atoms with Gasteiger partial charge in [-0.15, -0.1) is 11.8 Å². The van der Waals surface area contributed by atoms with Gasteiger partial charge in [0.15, 0.2) is 0 Å². The second kappa shape index (κ2) is 15.7. The molecule has 3 N–H and O–H groups in total. The SMILES string of the molecule is COc1ccc(/C=C(/NC(=O)c2ccccc2)C(=O)Nc2cccc(SC(C(=O)Nc3ccc(Br)cc3)c3ccccc3)c2)cc1. The van der Waals surface area contributed by atoms with Crippen LogP contribution in [0.4, 0.5) is 11.4 Å². The van der Waals surface area contributed by atoms with Crippen molar-refractivity contribution >= 4 is 62.9 Å². The lowest BCUT2D eigenvalue weighted by Crippen LogP contribution is -2.30. The molecule has 0 bridgehead atoms. The average molecular weight is 693 g/mol. The van der Waals surface area contributed by atoms with Crippen LogP contribution in [-0.4, -0.2) is 24.8 Å². The molecule has 0 aliphatic carbocycles. The number of thioether (sulfide) groups is 1. The van der Waals surface area contributed by atoms with Gasteiger partial charge in [-0.2, -0.15) is 0 Å². The Bertz CT molecular complexity index is 1830. The summed E-state index contributed by atoms with van der Waals surface area (Å²) >= 11 is 4.79. The monoisotopic (exact) mass is 691 g/mol. The van der Waals surface area contributed by atoms with E-state index in [1.165, 1.54) is 11.8 Å². The molecule has 46 heavy (non-hydrogen) atoms. The summed E-state index contributed by atoms with van der Waals surface area (Å²) in [4.78, 5) is 40.9. The number of ether oxygens (including phenoxy) is 1. The zero-order chi connectivity index (χ0) is 32.3. The Morgan fingerprint density at radius 2 is 1.41 bits per heavy atom. The highest BCUT2D eigenvalue weighted by atomic mass is 79.9. The standard InChI is InChI=1S/C37H30BrN3O4S/c1-45-31-21-15-25(16-22-31)23-33(41-35(42)27-11-6-3-7-12-27)36(43)40-30-13-8-14-32(24-30)46-34(26-9-4-2-5-10-26)37(44)39-29-19-17-28(38)18-20-29/h2-24,34H,1H3,(H,39,44)(H,40,43)(H,41,42)/b33-23+. The van der Waals surface area contributed by atoms with Gasteiger partial charge in [-0.05, 0) is 83.9 Å². The third kappa shape index (κ3) is 8.97. The lowest BCUT2D eigenvalue weighted by atomic mass is 10.1. The fourth-order valence-electron chi connectivity index (χ4n) is 4.43. The van der Waals surface area contributed by atoms with Crippen LogP contribution in [0.5, 0.6) is 5.75 Å². The summed E-state index contributed by atoms with van der Waals surface area (Å²) in [5.74, 6) is -0.427. The van der Waals surface area contributed by atoms with E-state index in [4.69, 9.17) is 4.74 Å². The third-order valence-electron chi connectivity index (χ3n) is 6.75. The quantitative estimate of drug-likeness (QED) is 0.0956. The maximum absolute atomic E-state index is 13.6. The van der Waals surface area contributed by atoms with E-state index in [0.717, 1.165) is 14.9 Å². The molecule has 0 saturated heterocycles. The molecule has 0 aliphatic rings. The summed E-state index contributed by atoms with van der Waals surface area (Å²) in [5, 5.41) is 8.10. The molecule has 0 fully saturated rings. The normalized spacial score (nSPS) is 11.7. The number of halogens is 1. The number of hydrogen-bond acceptors (Lipinski definition) is 5. The van der Waals surface area contributed by atoms with Gasteiger partial charge in [0.05, 0.1) is 7.11 Å². The summed E-state index contributed by atoms with van der Waals surface area (Å²) in [6.07, 6.45) is 1.60. The molecule has 230 valence electrons. The minimum atomic E-state index is -0.563. The van der Waals surface area contributed by atoms with E-state index in [1.807, 2.05) is 72.8 Å². The first-order chi connectivity index (χ1) is 22.4. The van der Waals surface area contributed by atoms with Crippen molar-refractivity contribution in [3.8, 4) is 5.75 Å². The second-order valence-electron chi connectivity index (χ2n) is 10.0. The summed E-state index contributed by atoms with van der Waals surface area (Å²) in [6.45, 7) is 0. The van der Waals surface area contributed by atoms with Crippen LogP contribution in [0.3, 0.4) is 0 Å². The van der Waals surface area contributed by atoms with Crippen LogP contribution >= 0.6 is 27.7 Å².